The van der Waals surface area contributed by atoms with Gasteiger partial charge in [0, 0.05) is 17.3 Å². The Morgan fingerprint density at radius 3 is 2.37 bits per heavy atom. The lowest BCUT2D eigenvalue weighted by molar-refractivity contribution is 0.0725. The maximum absolute atomic E-state index is 12.4. The monoisotopic (exact) mass is 382 g/mol. The molecule has 136 valence electrons. The summed E-state index contributed by atoms with van der Waals surface area (Å²) in [5.74, 6) is -0.789. The summed E-state index contributed by atoms with van der Waals surface area (Å²) in [7, 11) is 0. The second-order valence-corrected chi connectivity index (χ2v) is 6.24. The standard InChI is InChI=1S/C20H15ClN2O4/c1-12-11-18(25)19(22-23(12)17-6-4-3-5-16(17)21)20(26)27-15-9-7-14(8-10-15)13(2)24/h3-11H,1-2H3. The number of carbonyl (C=O) groups is 2. The van der Waals surface area contributed by atoms with E-state index in [1.165, 1.54) is 41.9 Å². The first kappa shape index (κ1) is 18.5. The molecule has 3 aromatic rings. The van der Waals surface area contributed by atoms with E-state index in [-0.39, 0.29) is 17.2 Å². The lowest BCUT2D eigenvalue weighted by Crippen LogP contribution is -2.25. The van der Waals surface area contributed by atoms with Crippen molar-refractivity contribution in [1.29, 1.82) is 0 Å². The van der Waals surface area contributed by atoms with Crippen LogP contribution in [0.1, 0.15) is 33.5 Å². The Kier molecular flexibility index (Phi) is 5.19. The van der Waals surface area contributed by atoms with Gasteiger partial charge in [0.1, 0.15) is 5.75 Å². The Labute approximate surface area is 160 Å². The van der Waals surface area contributed by atoms with Crippen LogP contribution in [0.3, 0.4) is 0 Å². The molecule has 0 bridgehead atoms. The minimum Gasteiger partial charge on any atom is -0.422 e. The molecule has 0 amide bonds. The predicted octanol–water partition coefficient (Wildman–Crippen LogP) is 3.62. The number of ether oxygens (including phenoxy) is 1. The van der Waals surface area contributed by atoms with Crippen molar-refractivity contribution in [2.75, 3.05) is 0 Å². The van der Waals surface area contributed by atoms with E-state index in [1.807, 2.05) is 0 Å². The molecule has 0 fully saturated rings. The summed E-state index contributed by atoms with van der Waals surface area (Å²) in [6.07, 6.45) is 0. The zero-order valence-corrected chi connectivity index (χ0v) is 15.4. The maximum Gasteiger partial charge on any atom is 0.368 e. The molecule has 0 saturated carbocycles. The molecule has 3 rings (SSSR count). The van der Waals surface area contributed by atoms with Crippen LogP contribution < -0.4 is 10.2 Å². The fourth-order valence-corrected chi connectivity index (χ4v) is 2.68. The first-order valence-electron chi connectivity index (χ1n) is 8.06. The number of carbonyl (C=O) groups excluding carboxylic acids is 2. The molecule has 0 saturated heterocycles. The average molecular weight is 383 g/mol. The summed E-state index contributed by atoms with van der Waals surface area (Å²) >= 11 is 6.19. The SMILES string of the molecule is CC(=O)c1ccc(OC(=O)c2nn(-c3ccccc3Cl)c(C)cc2=O)cc1. The number of aromatic nitrogens is 2. The molecule has 0 aliphatic heterocycles. The molecule has 0 unspecified atom stereocenters. The molecule has 1 heterocycles. The molecule has 1 aromatic heterocycles. The summed E-state index contributed by atoms with van der Waals surface area (Å²) in [4.78, 5) is 36.0. The van der Waals surface area contributed by atoms with E-state index < -0.39 is 11.4 Å². The summed E-state index contributed by atoms with van der Waals surface area (Å²) < 4.78 is 6.63. The Bertz CT molecular complexity index is 1090. The lowest BCUT2D eigenvalue weighted by atomic mass is 10.1. The normalized spacial score (nSPS) is 10.5. The third kappa shape index (κ3) is 3.96. The molecule has 7 heteroatoms. The summed E-state index contributed by atoms with van der Waals surface area (Å²) in [6.45, 7) is 3.13. The summed E-state index contributed by atoms with van der Waals surface area (Å²) in [6, 6.07) is 14.3. The van der Waals surface area contributed by atoms with E-state index in [1.54, 1.807) is 31.2 Å². The number of halogens is 1. The molecule has 6 nitrogen and oxygen atoms in total. The van der Waals surface area contributed by atoms with Crippen LogP contribution in [0.15, 0.2) is 59.4 Å². The molecule has 0 spiro atoms. The van der Waals surface area contributed by atoms with Crippen molar-refractivity contribution in [2.24, 2.45) is 0 Å². The van der Waals surface area contributed by atoms with Gasteiger partial charge in [0.05, 0.1) is 10.7 Å². The van der Waals surface area contributed by atoms with Crippen molar-refractivity contribution >= 4 is 23.4 Å². The average Bonchev–Trinajstić information content (AvgIpc) is 2.63. The van der Waals surface area contributed by atoms with Gasteiger partial charge in [0.2, 0.25) is 11.1 Å². The number of hydrogen-bond donors (Lipinski definition) is 0. The Morgan fingerprint density at radius 2 is 1.74 bits per heavy atom. The zero-order valence-electron chi connectivity index (χ0n) is 14.6. The largest absolute Gasteiger partial charge is 0.422 e. The number of esters is 1. The highest BCUT2D eigenvalue weighted by Crippen LogP contribution is 2.20. The molecule has 0 aliphatic rings. The number of ketones is 1. The van der Waals surface area contributed by atoms with Crippen LogP contribution >= 0.6 is 11.6 Å². The second-order valence-electron chi connectivity index (χ2n) is 5.83. The quantitative estimate of drug-likeness (QED) is 0.391. The van der Waals surface area contributed by atoms with Crippen LogP contribution in [-0.2, 0) is 0 Å². The number of rotatable bonds is 4. The Balaban J connectivity index is 1.95. The van der Waals surface area contributed by atoms with Crippen molar-refractivity contribution in [3.63, 3.8) is 0 Å². The molecular weight excluding hydrogens is 368 g/mol. The number of para-hydroxylation sites is 1. The first-order chi connectivity index (χ1) is 12.9. The molecule has 0 aliphatic carbocycles. The van der Waals surface area contributed by atoms with Gasteiger partial charge < -0.3 is 4.74 Å². The Hall–Kier alpha value is -3.25. The highest BCUT2D eigenvalue weighted by molar-refractivity contribution is 6.32. The van der Waals surface area contributed by atoms with E-state index in [9.17, 15) is 14.4 Å². The van der Waals surface area contributed by atoms with Crippen molar-refractivity contribution < 1.29 is 14.3 Å². The highest BCUT2D eigenvalue weighted by atomic mass is 35.5. The van der Waals surface area contributed by atoms with Crippen molar-refractivity contribution in [3.05, 3.63) is 86.8 Å². The van der Waals surface area contributed by atoms with E-state index >= 15 is 0 Å². The van der Waals surface area contributed by atoms with Gasteiger partial charge in [0.15, 0.2) is 5.78 Å². The van der Waals surface area contributed by atoms with Gasteiger partial charge in [-0.3, -0.25) is 9.59 Å². The zero-order chi connectivity index (χ0) is 19.6. The van der Waals surface area contributed by atoms with Gasteiger partial charge in [-0.05, 0) is 50.2 Å². The first-order valence-corrected chi connectivity index (χ1v) is 8.43. The van der Waals surface area contributed by atoms with Crippen LogP contribution in [0.2, 0.25) is 5.02 Å². The molecule has 2 aromatic carbocycles. The predicted molar refractivity (Wildman–Crippen MR) is 101 cm³/mol. The topological polar surface area (TPSA) is 78.3 Å². The highest BCUT2D eigenvalue weighted by Gasteiger charge is 2.18. The van der Waals surface area contributed by atoms with Crippen LogP contribution in [0.25, 0.3) is 5.69 Å². The van der Waals surface area contributed by atoms with Gasteiger partial charge in [-0.25, -0.2) is 9.48 Å². The molecule has 27 heavy (non-hydrogen) atoms. The third-order valence-electron chi connectivity index (χ3n) is 3.85. The fourth-order valence-electron chi connectivity index (χ4n) is 2.47. The third-order valence-corrected chi connectivity index (χ3v) is 4.17. The Morgan fingerprint density at radius 1 is 1.07 bits per heavy atom. The lowest BCUT2D eigenvalue weighted by Gasteiger charge is -2.12. The van der Waals surface area contributed by atoms with E-state index in [0.717, 1.165) is 0 Å². The van der Waals surface area contributed by atoms with Crippen molar-refractivity contribution in [2.45, 2.75) is 13.8 Å². The van der Waals surface area contributed by atoms with E-state index in [4.69, 9.17) is 16.3 Å². The van der Waals surface area contributed by atoms with Gasteiger partial charge in [-0.15, -0.1) is 0 Å². The molecule has 0 N–H and O–H groups in total. The minimum absolute atomic E-state index is 0.101. The van der Waals surface area contributed by atoms with Crippen molar-refractivity contribution in [1.82, 2.24) is 9.78 Å². The van der Waals surface area contributed by atoms with Crippen LogP contribution in [0, 0.1) is 6.92 Å². The van der Waals surface area contributed by atoms with Crippen molar-refractivity contribution in [3.8, 4) is 11.4 Å². The summed E-state index contributed by atoms with van der Waals surface area (Å²) in [5, 5.41) is 4.56. The van der Waals surface area contributed by atoms with Crippen LogP contribution in [0.4, 0.5) is 0 Å². The maximum atomic E-state index is 12.4. The van der Waals surface area contributed by atoms with Gasteiger partial charge in [-0.1, -0.05) is 23.7 Å². The van der Waals surface area contributed by atoms with Crippen LogP contribution in [-0.4, -0.2) is 21.5 Å². The number of aryl methyl sites for hydroxylation is 1. The van der Waals surface area contributed by atoms with Crippen LogP contribution in [0.5, 0.6) is 5.75 Å². The van der Waals surface area contributed by atoms with E-state index in [2.05, 4.69) is 5.10 Å². The minimum atomic E-state index is -0.892. The summed E-state index contributed by atoms with van der Waals surface area (Å²) in [5.41, 5.74) is 0.633. The number of Topliss-reactive ketones (excluding diaryl/α,β-unsaturated/α-hetero) is 1. The number of nitrogens with zero attached hydrogens (tertiary/aromatic N) is 2. The van der Waals surface area contributed by atoms with Gasteiger partial charge in [0.25, 0.3) is 0 Å². The fraction of sp³-hybridized carbons (Fsp3) is 0.100. The number of hydrogen-bond acceptors (Lipinski definition) is 5. The van der Waals surface area contributed by atoms with Gasteiger partial charge in [-0.2, -0.15) is 5.10 Å². The molecule has 0 atom stereocenters. The van der Waals surface area contributed by atoms with Gasteiger partial charge >= 0.3 is 5.97 Å². The smallest absolute Gasteiger partial charge is 0.368 e. The number of benzene rings is 2. The molecule has 0 radical (unpaired) electrons. The second kappa shape index (κ2) is 7.55. The van der Waals surface area contributed by atoms with E-state index in [0.29, 0.717) is 22.0 Å². The molecular formula is C20H15ClN2O4.